The molecule has 1 aromatic carbocycles. The molecule has 1 aliphatic rings. The molecular weight excluding hydrogens is 268 g/mol. The summed E-state index contributed by atoms with van der Waals surface area (Å²) in [6, 6.07) is 9.39. The van der Waals surface area contributed by atoms with Crippen molar-refractivity contribution in [3.8, 4) is 0 Å². The number of aromatic amines is 1. The maximum Gasteiger partial charge on any atom is 0.291 e. The summed E-state index contributed by atoms with van der Waals surface area (Å²) < 4.78 is 0. The van der Waals surface area contributed by atoms with E-state index in [1.165, 1.54) is 0 Å². The van der Waals surface area contributed by atoms with Crippen LogP contribution in [-0.4, -0.2) is 38.8 Å². The smallest absolute Gasteiger partial charge is 0.291 e. The van der Waals surface area contributed by atoms with Crippen molar-refractivity contribution < 1.29 is 9.90 Å². The monoisotopic (exact) mass is 286 g/mol. The first-order chi connectivity index (χ1) is 10.3. The number of amides is 1. The van der Waals surface area contributed by atoms with Crippen LogP contribution in [0.25, 0.3) is 0 Å². The van der Waals surface area contributed by atoms with E-state index in [1.54, 1.807) is 0 Å². The minimum atomic E-state index is -0.354. The number of nitrogens with zero attached hydrogens (tertiary/aromatic N) is 2. The van der Waals surface area contributed by atoms with Crippen molar-refractivity contribution in [1.82, 2.24) is 20.5 Å². The number of hydrogen-bond donors (Lipinski definition) is 3. The third-order valence-electron chi connectivity index (χ3n) is 3.55. The van der Waals surface area contributed by atoms with E-state index in [-0.39, 0.29) is 24.4 Å². The van der Waals surface area contributed by atoms with Gasteiger partial charge in [-0.05, 0) is 24.8 Å². The molecule has 1 amide bonds. The van der Waals surface area contributed by atoms with Gasteiger partial charge in [0.2, 0.25) is 5.82 Å². The van der Waals surface area contributed by atoms with E-state index >= 15 is 0 Å². The second kappa shape index (κ2) is 6.05. The van der Waals surface area contributed by atoms with Gasteiger partial charge in [-0.2, -0.15) is 0 Å². The number of aliphatic hydroxyl groups is 1. The van der Waals surface area contributed by atoms with Gasteiger partial charge < -0.3 is 10.4 Å². The van der Waals surface area contributed by atoms with Crippen molar-refractivity contribution in [2.45, 2.75) is 31.2 Å². The molecule has 1 saturated carbocycles. The molecule has 6 heteroatoms. The largest absolute Gasteiger partial charge is 0.394 e. The van der Waals surface area contributed by atoms with Crippen LogP contribution in [0.2, 0.25) is 0 Å². The van der Waals surface area contributed by atoms with E-state index in [9.17, 15) is 9.90 Å². The molecule has 3 N–H and O–H groups in total. The van der Waals surface area contributed by atoms with E-state index < -0.39 is 0 Å². The number of carbonyl (C=O) groups excluding carboxylic acids is 1. The molecule has 110 valence electrons. The minimum absolute atomic E-state index is 0.124. The second-order valence-corrected chi connectivity index (χ2v) is 5.36. The highest BCUT2D eigenvalue weighted by Crippen LogP contribution is 2.37. The van der Waals surface area contributed by atoms with Gasteiger partial charge in [0, 0.05) is 5.92 Å². The molecule has 21 heavy (non-hydrogen) atoms. The van der Waals surface area contributed by atoms with E-state index in [4.69, 9.17) is 0 Å². The first kappa shape index (κ1) is 13.8. The Morgan fingerprint density at radius 1 is 1.38 bits per heavy atom. The molecular formula is C15H18N4O2. The lowest BCUT2D eigenvalue weighted by atomic mass is 10.1. The number of carbonyl (C=O) groups is 1. The summed E-state index contributed by atoms with van der Waals surface area (Å²) >= 11 is 0. The summed E-state index contributed by atoms with van der Waals surface area (Å²) in [5.74, 6) is 0.998. The van der Waals surface area contributed by atoms with Gasteiger partial charge in [-0.3, -0.25) is 9.89 Å². The van der Waals surface area contributed by atoms with Gasteiger partial charge in [-0.1, -0.05) is 30.3 Å². The van der Waals surface area contributed by atoms with Gasteiger partial charge in [-0.15, -0.1) is 5.10 Å². The summed E-state index contributed by atoms with van der Waals surface area (Å²) in [6.45, 7) is -0.124. The van der Waals surface area contributed by atoms with Gasteiger partial charge in [-0.25, -0.2) is 4.98 Å². The Labute approximate surface area is 122 Å². The fourth-order valence-corrected chi connectivity index (χ4v) is 2.22. The van der Waals surface area contributed by atoms with Crippen LogP contribution >= 0.6 is 0 Å². The molecule has 1 fully saturated rings. The van der Waals surface area contributed by atoms with Crippen molar-refractivity contribution >= 4 is 5.91 Å². The van der Waals surface area contributed by atoms with Crippen LogP contribution in [0.4, 0.5) is 0 Å². The van der Waals surface area contributed by atoms with Gasteiger partial charge in [0.15, 0.2) is 0 Å². The first-order valence-corrected chi connectivity index (χ1v) is 7.14. The average Bonchev–Trinajstić information content (AvgIpc) is 3.24. The summed E-state index contributed by atoms with van der Waals surface area (Å²) in [4.78, 5) is 16.3. The summed E-state index contributed by atoms with van der Waals surface area (Å²) in [5, 5.41) is 18.9. The second-order valence-electron chi connectivity index (χ2n) is 5.36. The zero-order valence-electron chi connectivity index (χ0n) is 11.6. The van der Waals surface area contributed by atoms with Crippen LogP contribution in [-0.2, 0) is 6.42 Å². The molecule has 0 radical (unpaired) electrons. The summed E-state index contributed by atoms with van der Waals surface area (Å²) in [6.07, 6.45) is 2.77. The Hall–Kier alpha value is -2.21. The molecule has 1 aliphatic carbocycles. The number of H-pyrrole nitrogens is 1. The van der Waals surface area contributed by atoms with Crippen LogP contribution < -0.4 is 5.32 Å². The van der Waals surface area contributed by atoms with Gasteiger partial charge in [0.25, 0.3) is 5.91 Å². The van der Waals surface area contributed by atoms with Crippen molar-refractivity contribution in [1.29, 1.82) is 0 Å². The Balaban J connectivity index is 1.61. The normalized spacial score (nSPS) is 15.7. The van der Waals surface area contributed by atoms with Gasteiger partial charge in [0.1, 0.15) is 5.82 Å². The molecule has 0 aliphatic heterocycles. The van der Waals surface area contributed by atoms with Crippen LogP contribution in [0.3, 0.4) is 0 Å². The molecule has 6 nitrogen and oxygen atoms in total. The van der Waals surface area contributed by atoms with Crippen molar-refractivity contribution in [3.05, 3.63) is 47.5 Å². The Bertz CT molecular complexity index is 607. The quantitative estimate of drug-likeness (QED) is 0.739. The maximum absolute atomic E-state index is 12.1. The Morgan fingerprint density at radius 3 is 2.81 bits per heavy atom. The molecule has 3 rings (SSSR count). The predicted octanol–water partition coefficient (Wildman–Crippen LogP) is 1.02. The van der Waals surface area contributed by atoms with E-state index in [1.807, 2.05) is 30.3 Å². The molecule has 2 aromatic rings. The zero-order valence-corrected chi connectivity index (χ0v) is 11.6. The SMILES string of the molecule is O=C(N[C@@H](CO)Cc1ccccc1)c1n[nH]c(C2CC2)n1. The molecule has 1 aromatic heterocycles. The molecule has 0 spiro atoms. The third kappa shape index (κ3) is 3.46. The van der Waals surface area contributed by atoms with Crippen molar-refractivity contribution in [2.24, 2.45) is 0 Å². The number of benzene rings is 1. The van der Waals surface area contributed by atoms with Crippen molar-refractivity contribution in [2.75, 3.05) is 6.61 Å². The number of hydrogen-bond acceptors (Lipinski definition) is 4. The zero-order chi connectivity index (χ0) is 14.7. The fraction of sp³-hybridized carbons (Fsp3) is 0.400. The predicted molar refractivity (Wildman–Crippen MR) is 76.8 cm³/mol. The number of rotatable bonds is 6. The van der Waals surface area contributed by atoms with E-state index in [0.29, 0.717) is 12.3 Å². The average molecular weight is 286 g/mol. The third-order valence-corrected chi connectivity index (χ3v) is 3.55. The lowest BCUT2D eigenvalue weighted by Gasteiger charge is -2.15. The fourth-order valence-electron chi connectivity index (χ4n) is 2.22. The summed E-state index contributed by atoms with van der Waals surface area (Å²) in [7, 11) is 0. The highest BCUT2D eigenvalue weighted by Gasteiger charge is 2.28. The molecule has 0 unspecified atom stereocenters. The van der Waals surface area contributed by atoms with Crippen LogP contribution in [0, 0.1) is 0 Å². The van der Waals surface area contributed by atoms with E-state index in [2.05, 4.69) is 20.5 Å². The minimum Gasteiger partial charge on any atom is -0.394 e. The molecule has 0 bridgehead atoms. The number of aromatic nitrogens is 3. The first-order valence-electron chi connectivity index (χ1n) is 7.14. The molecule has 1 heterocycles. The van der Waals surface area contributed by atoms with Gasteiger partial charge in [0.05, 0.1) is 12.6 Å². The number of nitrogens with one attached hydrogen (secondary N) is 2. The highest BCUT2D eigenvalue weighted by atomic mass is 16.3. The van der Waals surface area contributed by atoms with Crippen LogP contribution in [0.15, 0.2) is 30.3 Å². The summed E-state index contributed by atoms with van der Waals surface area (Å²) in [5.41, 5.74) is 1.06. The Kier molecular flexibility index (Phi) is 3.96. The molecule has 0 saturated heterocycles. The Morgan fingerprint density at radius 2 is 2.14 bits per heavy atom. The number of aliphatic hydroxyl groups excluding tert-OH is 1. The lowest BCUT2D eigenvalue weighted by molar-refractivity contribution is 0.0906. The standard InChI is InChI=1S/C15H18N4O2/c20-9-12(8-10-4-2-1-3-5-10)16-15(21)14-17-13(18-19-14)11-6-7-11/h1-5,11-12,20H,6-9H2,(H,16,21)(H,17,18,19)/t12-/m1/s1. The highest BCUT2D eigenvalue weighted by molar-refractivity contribution is 5.90. The molecule has 1 atom stereocenters. The van der Waals surface area contributed by atoms with Crippen molar-refractivity contribution in [3.63, 3.8) is 0 Å². The van der Waals surface area contributed by atoms with Crippen LogP contribution in [0.5, 0.6) is 0 Å². The topological polar surface area (TPSA) is 90.9 Å². The maximum atomic E-state index is 12.1. The van der Waals surface area contributed by atoms with Crippen LogP contribution in [0.1, 0.15) is 40.8 Å². The van der Waals surface area contributed by atoms with E-state index in [0.717, 1.165) is 24.2 Å². The van der Waals surface area contributed by atoms with Gasteiger partial charge >= 0.3 is 0 Å². The lowest BCUT2D eigenvalue weighted by Crippen LogP contribution is -2.39.